The standard InChI is InChI=1S/C9H15N2O2.HI/c1-11(2)5-4-8-7(6-11)9(12-3)10-13-8;/h4-6H2,1-3H3;1H/q+1;/p-1. The maximum absolute atomic E-state index is 5.19. The molecule has 0 unspecified atom stereocenters. The van der Waals surface area contributed by atoms with E-state index in [2.05, 4.69) is 19.3 Å². The Kier molecular flexibility index (Phi) is 3.41. The summed E-state index contributed by atoms with van der Waals surface area (Å²) in [5.41, 5.74) is 1.14. The van der Waals surface area contributed by atoms with Gasteiger partial charge in [-0.3, -0.25) is 0 Å². The molecule has 0 fully saturated rings. The molecule has 1 aliphatic rings. The van der Waals surface area contributed by atoms with Gasteiger partial charge in [-0.05, 0) is 5.16 Å². The molecule has 2 heterocycles. The van der Waals surface area contributed by atoms with Gasteiger partial charge in [0, 0.05) is 0 Å². The Bertz CT molecular complexity index is 309. The summed E-state index contributed by atoms with van der Waals surface area (Å²) < 4.78 is 11.3. The van der Waals surface area contributed by atoms with Crippen LogP contribution in [0, 0.1) is 0 Å². The van der Waals surface area contributed by atoms with E-state index in [1.807, 2.05) is 0 Å². The van der Waals surface area contributed by atoms with Crippen LogP contribution in [0.3, 0.4) is 0 Å². The monoisotopic (exact) mass is 310 g/mol. The van der Waals surface area contributed by atoms with E-state index < -0.39 is 0 Å². The number of ether oxygens (including phenoxy) is 1. The maximum Gasteiger partial charge on any atom is 0.263 e. The highest BCUT2D eigenvalue weighted by molar-refractivity contribution is 5.28. The summed E-state index contributed by atoms with van der Waals surface area (Å²) in [6.07, 6.45) is 0.957. The van der Waals surface area contributed by atoms with Crippen molar-refractivity contribution in [3.05, 3.63) is 11.3 Å². The van der Waals surface area contributed by atoms with Crippen LogP contribution in [0.25, 0.3) is 0 Å². The van der Waals surface area contributed by atoms with Crippen LogP contribution >= 0.6 is 0 Å². The first-order valence-corrected chi connectivity index (χ1v) is 4.46. The zero-order chi connectivity index (χ0) is 9.47. The summed E-state index contributed by atoms with van der Waals surface area (Å²) in [6.45, 7) is 2.05. The predicted octanol–water partition coefficient (Wildman–Crippen LogP) is -2.18. The van der Waals surface area contributed by atoms with Crippen molar-refractivity contribution in [2.45, 2.75) is 13.0 Å². The van der Waals surface area contributed by atoms with E-state index in [9.17, 15) is 0 Å². The van der Waals surface area contributed by atoms with Gasteiger partial charge in [0.2, 0.25) is 0 Å². The van der Waals surface area contributed by atoms with Crippen molar-refractivity contribution in [1.29, 1.82) is 0 Å². The van der Waals surface area contributed by atoms with Gasteiger partial charge in [0.15, 0.2) is 5.76 Å². The predicted molar refractivity (Wildman–Crippen MR) is 47.4 cm³/mol. The molecule has 0 N–H and O–H groups in total. The van der Waals surface area contributed by atoms with Crippen LogP contribution < -0.4 is 28.7 Å². The quantitative estimate of drug-likeness (QED) is 0.437. The highest BCUT2D eigenvalue weighted by atomic mass is 127. The second kappa shape index (κ2) is 4.06. The van der Waals surface area contributed by atoms with E-state index in [1.165, 1.54) is 0 Å². The Morgan fingerprint density at radius 1 is 1.43 bits per heavy atom. The number of methoxy groups -OCH3 is 1. The van der Waals surface area contributed by atoms with E-state index in [-0.39, 0.29) is 24.0 Å². The Hall–Kier alpha value is -0.300. The molecule has 0 saturated carbocycles. The minimum absolute atomic E-state index is 0. The summed E-state index contributed by atoms with van der Waals surface area (Å²) in [5.74, 6) is 1.65. The molecule has 0 spiro atoms. The molecule has 4 nitrogen and oxygen atoms in total. The lowest BCUT2D eigenvalue weighted by Crippen LogP contribution is -3.00. The molecule has 0 radical (unpaired) electrons. The van der Waals surface area contributed by atoms with Gasteiger partial charge in [-0.1, -0.05) is 0 Å². The first-order chi connectivity index (χ1) is 6.12. The minimum Gasteiger partial charge on any atom is -1.00 e. The molecule has 80 valence electrons. The normalized spacial score (nSPS) is 18.2. The molecule has 0 saturated heterocycles. The molecular weight excluding hydrogens is 295 g/mol. The molecule has 0 bridgehead atoms. The fourth-order valence-corrected chi connectivity index (χ4v) is 1.75. The lowest BCUT2D eigenvalue weighted by Gasteiger charge is -2.32. The van der Waals surface area contributed by atoms with Gasteiger partial charge in [0.05, 0.1) is 34.2 Å². The lowest BCUT2D eigenvalue weighted by atomic mass is 10.1. The van der Waals surface area contributed by atoms with Gasteiger partial charge in [-0.25, -0.2) is 0 Å². The van der Waals surface area contributed by atoms with Crippen LogP contribution in [0.1, 0.15) is 11.3 Å². The number of aromatic nitrogens is 1. The molecule has 1 aromatic rings. The Labute approximate surface area is 101 Å². The number of rotatable bonds is 1. The number of halogens is 1. The first kappa shape index (κ1) is 11.8. The highest BCUT2D eigenvalue weighted by Crippen LogP contribution is 2.29. The average Bonchev–Trinajstić information content (AvgIpc) is 2.44. The summed E-state index contributed by atoms with van der Waals surface area (Å²) in [7, 11) is 6.04. The molecule has 14 heavy (non-hydrogen) atoms. The second-order valence-electron chi connectivity index (χ2n) is 4.16. The summed E-state index contributed by atoms with van der Waals surface area (Å²) in [6, 6.07) is 0. The van der Waals surface area contributed by atoms with Crippen molar-refractivity contribution in [3.8, 4) is 5.88 Å². The van der Waals surface area contributed by atoms with Crippen molar-refractivity contribution in [2.75, 3.05) is 27.7 Å². The highest BCUT2D eigenvalue weighted by Gasteiger charge is 2.30. The van der Waals surface area contributed by atoms with Crippen molar-refractivity contribution >= 4 is 0 Å². The Morgan fingerprint density at radius 2 is 2.14 bits per heavy atom. The molecule has 2 rings (SSSR count). The molecule has 5 heteroatoms. The minimum atomic E-state index is 0. The van der Waals surface area contributed by atoms with Crippen LogP contribution in [-0.2, 0) is 13.0 Å². The molecular formula is C9H15IN2O2. The third kappa shape index (κ3) is 2.03. The SMILES string of the molecule is COc1noc2c1C[N+](C)(C)CC2.[I-]. The number of likely N-dealkylation sites (N-methyl/N-ethyl adjacent to an activating group) is 1. The first-order valence-electron chi connectivity index (χ1n) is 4.46. The van der Waals surface area contributed by atoms with Crippen molar-refractivity contribution in [1.82, 2.24) is 5.16 Å². The smallest absolute Gasteiger partial charge is 0.263 e. The number of hydrogen-bond acceptors (Lipinski definition) is 3. The van der Waals surface area contributed by atoms with Gasteiger partial charge in [0.25, 0.3) is 5.88 Å². The Balaban J connectivity index is 0.000000980. The van der Waals surface area contributed by atoms with E-state index in [4.69, 9.17) is 9.26 Å². The molecule has 0 atom stereocenters. The molecule has 0 aliphatic carbocycles. The van der Waals surface area contributed by atoms with Gasteiger partial charge in [-0.15, -0.1) is 0 Å². The van der Waals surface area contributed by atoms with Crippen molar-refractivity contribution in [3.63, 3.8) is 0 Å². The van der Waals surface area contributed by atoms with Crippen molar-refractivity contribution in [2.24, 2.45) is 0 Å². The van der Waals surface area contributed by atoms with Gasteiger partial charge in [0.1, 0.15) is 12.1 Å². The number of hydrogen-bond donors (Lipinski definition) is 0. The van der Waals surface area contributed by atoms with Gasteiger partial charge in [-0.2, -0.15) is 0 Å². The van der Waals surface area contributed by atoms with Crippen LogP contribution in [0.4, 0.5) is 0 Å². The van der Waals surface area contributed by atoms with Crippen LogP contribution in [0.2, 0.25) is 0 Å². The number of nitrogens with zero attached hydrogens (tertiary/aromatic N) is 2. The van der Waals surface area contributed by atoms with E-state index in [0.29, 0.717) is 5.88 Å². The van der Waals surface area contributed by atoms with E-state index >= 15 is 0 Å². The second-order valence-corrected chi connectivity index (χ2v) is 4.16. The number of fused-ring (bicyclic) bond motifs is 1. The fourth-order valence-electron chi connectivity index (χ4n) is 1.75. The average molecular weight is 310 g/mol. The van der Waals surface area contributed by atoms with Crippen LogP contribution in [0.15, 0.2) is 4.52 Å². The summed E-state index contributed by atoms with van der Waals surface area (Å²) >= 11 is 0. The molecule has 1 aromatic heterocycles. The lowest BCUT2D eigenvalue weighted by molar-refractivity contribution is -0.905. The maximum atomic E-state index is 5.19. The van der Waals surface area contributed by atoms with Crippen molar-refractivity contribution < 1.29 is 37.7 Å². The fraction of sp³-hybridized carbons (Fsp3) is 0.667. The Morgan fingerprint density at radius 3 is 2.79 bits per heavy atom. The zero-order valence-corrected chi connectivity index (χ0v) is 10.9. The third-order valence-electron chi connectivity index (χ3n) is 2.56. The summed E-state index contributed by atoms with van der Waals surface area (Å²) in [4.78, 5) is 0. The van der Waals surface area contributed by atoms with Gasteiger partial charge >= 0.3 is 0 Å². The third-order valence-corrected chi connectivity index (χ3v) is 2.56. The largest absolute Gasteiger partial charge is 1.00 e. The number of quaternary nitrogens is 1. The summed E-state index contributed by atoms with van der Waals surface area (Å²) in [5, 5.41) is 3.87. The zero-order valence-electron chi connectivity index (χ0n) is 8.71. The van der Waals surface area contributed by atoms with E-state index in [0.717, 1.165) is 35.3 Å². The van der Waals surface area contributed by atoms with E-state index in [1.54, 1.807) is 7.11 Å². The molecule has 1 aliphatic heterocycles. The topological polar surface area (TPSA) is 35.3 Å². The van der Waals surface area contributed by atoms with Crippen LogP contribution in [0.5, 0.6) is 5.88 Å². The molecule has 0 aromatic carbocycles. The van der Waals surface area contributed by atoms with Crippen LogP contribution in [-0.4, -0.2) is 37.4 Å². The van der Waals surface area contributed by atoms with Gasteiger partial charge < -0.3 is 37.7 Å². The molecule has 0 amide bonds.